The van der Waals surface area contributed by atoms with E-state index in [-0.39, 0.29) is 17.3 Å². The van der Waals surface area contributed by atoms with E-state index in [2.05, 4.69) is 10.6 Å². The maximum Gasteiger partial charge on any atom is 0.264 e. The second kappa shape index (κ2) is 9.10. The molecule has 0 unspecified atom stereocenters. The average molecular weight is 444 g/mol. The molecule has 2 N–H and O–H groups in total. The first kappa shape index (κ1) is 21.5. The monoisotopic (exact) mass is 443 g/mol. The first-order valence-corrected chi connectivity index (χ1v) is 11.3. The number of hydrogen-bond acceptors (Lipinski definition) is 5. The van der Waals surface area contributed by atoms with Crippen LogP contribution >= 0.6 is 11.3 Å². The molecule has 2 aromatic carbocycles. The standard InChI is InChI=1S/C21H21N3O4S2/c1-15-11-12-19(29-15)21(26)22-14-20(25)23-16-7-6-10-18(13-16)30(27,28)24(2)17-8-4-3-5-9-17/h3-13H,14H2,1-2H3,(H,22,26)(H,23,25). The quantitative estimate of drug-likeness (QED) is 0.586. The van der Waals surface area contributed by atoms with E-state index in [1.165, 1.54) is 34.8 Å². The third kappa shape index (κ3) is 5.05. The zero-order valence-electron chi connectivity index (χ0n) is 16.5. The van der Waals surface area contributed by atoms with Crippen LogP contribution in [0.5, 0.6) is 0 Å². The average Bonchev–Trinajstić information content (AvgIpc) is 3.18. The largest absolute Gasteiger partial charge is 0.342 e. The summed E-state index contributed by atoms with van der Waals surface area (Å²) in [5.74, 6) is -0.786. The number of amides is 2. The Hall–Kier alpha value is -3.17. The van der Waals surface area contributed by atoms with Gasteiger partial charge in [-0.15, -0.1) is 11.3 Å². The van der Waals surface area contributed by atoms with Crippen molar-refractivity contribution in [3.63, 3.8) is 0 Å². The van der Waals surface area contributed by atoms with Crippen molar-refractivity contribution < 1.29 is 18.0 Å². The highest BCUT2D eigenvalue weighted by Crippen LogP contribution is 2.23. The van der Waals surface area contributed by atoms with E-state index < -0.39 is 15.9 Å². The maximum absolute atomic E-state index is 12.9. The summed E-state index contributed by atoms with van der Waals surface area (Å²) in [5, 5.41) is 5.16. The molecular weight excluding hydrogens is 422 g/mol. The summed E-state index contributed by atoms with van der Waals surface area (Å²) in [7, 11) is -2.33. The summed E-state index contributed by atoms with van der Waals surface area (Å²) in [4.78, 5) is 25.8. The van der Waals surface area contributed by atoms with Crippen LogP contribution in [0.2, 0.25) is 0 Å². The number of nitrogens with zero attached hydrogens (tertiary/aromatic N) is 1. The van der Waals surface area contributed by atoms with Gasteiger partial charge in [0.15, 0.2) is 0 Å². The van der Waals surface area contributed by atoms with Crippen molar-refractivity contribution >= 4 is 44.5 Å². The van der Waals surface area contributed by atoms with Crippen LogP contribution in [0.25, 0.3) is 0 Å². The lowest BCUT2D eigenvalue weighted by Crippen LogP contribution is -2.32. The molecule has 0 fully saturated rings. The van der Waals surface area contributed by atoms with Gasteiger partial charge in [0.2, 0.25) is 5.91 Å². The number of thiophene rings is 1. The molecule has 2 amide bonds. The van der Waals surface area contributed by atoms with Gasteiger partial charge in [0.25, 0.3) is 15.9 Å². The number of anilines is 2. The fraction of sp³-hybridized carbons (Fsp3) is 0.143. The van der Waals surface area contributed by atoms with E-state index in [0.29, 0.717) is 16.3 Å². The normalized spacial score (nSPS) is 11.0. The second-order valence-corrected chi connectivity index (χ2v) is 9.73. The third-order valence-corrected chi connectivity index (χ3v) is 7.05. The number of para-hydroxylation sites is 1. The molecule has 0 bridgehead atoms. The molecule has 7 nitrogen and oxygen atoms in total. The van der Waals surface area contributed by atoms with Gasteiger partial charge in [-0.2, -0.15) is 0 Å². The summed E-state index contributed by atoms with van der Waals surface area (Å²) >= 11 is 1.34. The molecule has 0 aliphatic heterocycles. The van der Waals surface area contributed by atoms with Crippen LogP contribution in [0.3, 0.4) is 0 Å². The van der Waals surface area contributed by atoms with Gasteiger partial charge in [0.1, 0.15) is 0 Å². The lowest BCUT2D eigenvalue weighted by molar-refractivity contribution is -0.115. The molecule has 30 heavy (non-hydrogen) atoms. The van der Waals surface area contributed by atoms with E-state index >= 15 is 0 Å². The van der Waals surface area contributed by atoms with Crippen LogP contribution in [0.4, 0.5) is 11.4 Å². The minimum absolute atomic E-state index is 0.0461. The number of hydrogen-bond donors (Lipinski definition) is 2. The maximum atomic E-state index is 12.9. The third-order valence-electron chi connectivity index (χ3n) is 4.27. The summed E-state index contributed by atoms with van der Waals surface area (Å²) in [6, 6.07) is 18.2. The van der Waals surface area contributed by atoms with E-state index in [9.17, 15) is 18.0 Å². The van der Waals surface area contributed by atoms with E-state index in [4.69, 9.17) is 0 Å². The number of aryl methyl sites for hydroxylation is 1. The SMILES string of the molecule is Cc1ccc(C(=O)NCC(=O)Nc2cccc(S(=O)(=O)N(C)c3ccccc3)c2)s1. The molecule has 0 aliphatic rings. The molecule has 3 rings (SSSR count). The Balaban J connectivity index is 1.66. The Morgan fingerprint density at radius 1 is 1.00 bits per heavy atom. The van der Waals surface area contributed by atoms with Gasteiger partial charge >= 0.3 is 0 Å². The molecule has 0 aliphatic carbocycles. The number of nitrogens with one attached hydrogen (secondary N) is 2. The van der Waals surface area contributed by atoms with Crippen LogP contribution in [0.1, 0.15) is 14.5 Å². The Morgan fingerprint density at radius 2 is 1.73 bits per heavy atom. The van der Waals surface area contributed by atoms with Crippen LogP contribution < -0.4 is 14.9 Å². The number of rotatable bonds is 7. The molecule has 9 heteroatoms. The molecular formula is C21H21N3O4S2. The number of benzene rings is 2. The zero-order valence-corrected chi connectivity index (χ0v) is 18.1. The summed E-state index contributed by atoms with van der Waals surface area (Å²) in [5.41, 5.74) is 0.849. The van der Waals surface area contributed by atoms with Gasteiger partial charge in [0.05, 0.1) is 22.0 Å². The predicted octanol–water partition coefficient (Wildman–Crippen LogP) is 3.25. The predicted molar refractivity (Wildman–Crippen MR) is 118 cm³/mol. The summed E-state index contributed by atoms with van der Waals surface area (Å²) < 4.78 is 27.0. The van der Waals surface area contributed by atoms with Crippen molar-refractivity contribution in [1.82, 2.24) is 5.32 Å². The highest BCUT2D eigenvalue weighted by atomic mass is 32.2. The van der Waals surface area contributed by atoms with Crippen molar-refractivity contribution in [3.05, 3.63) is 76.5 Å². The highest BCUT2D eigenvalue weighted by molar-refractivity contribution is 7.92. The summed E-state index contributed by atoms with van der Waals surface area (Å²) in [6.45, 7) is 1.67. The minimum Gasteiger partial charge on any atom is -0.342 e. The Kier molecular flexibility index (Phi) is 6.53. The summed E-state index contributed by atoms with van der Waals surface area (Å²) in [6.07, 6.45) is 0. The van der Waals surface area contributed by atoms with Crippen LogP contribution in [-0.2, 0) is 14.8 Å². The molecule has 156 valence electrons. The molecule has 0 atom stereocenters. The highest BCUT2D eigenvalue weighted by Gasteiger charge is 2.21. The van der Waals surface area contributed by atoms with E-state index in [1.807, 2.05) is 13.0 Å². The van der Waals surface area contributed by atoms with Crippen molar-refractivity contribution in [2.75, 3.05) is 23.2 Å². The molecule has 1 heterocycles. The van der Waals surface area contributed by atoms with Crippen molar-refractivity contribution in [2.45, 2.75) is 11.8 Å². The van der Waals surface area contributed by atoms with Crippen molar-refractivity contribution in [3.8, 4) is 0 Å². The van der Waals surface area contributed by atoms with E-state index in [1.54, 1.807) is 48.5 Å². The van der Waals surface area contributed by atoms with Gasteiger partial charge in [-0.1, -0.05) is 24.3 Å². The Labute approximate surface area is 179 Å². The fourth-order valence-corrected chi connectivity index (χ4v) is 4.70. The van der Waals surface area contributed by atoms with Crippen LogP contribution in [0.15, 0.2) is 71.6 Å². The van der Waals surface area contributed by atoms with Crippen molar-refractivity contribution in [1.29, 1.82) is 0 Å². The van der Waals surface area contributed by atoms with Gasteiger partial charge in [-0.05, 0) is 49.4 Å². The van der Waals surface area contributed by atoms with Gasteiger partial charge in [-0.3, -0.25) is 13.9 Å². The molecule has 3 aromatic rings. The second-order valence-electron chi connectivity index (χ2n) is 6.48. The Bertz CT molecular complexity index is 1160. The lowest BCUT2D eigenvalue weighted by Gasteiger charge is -2.19. The smallest absolute Gasteiger partial charge is 0.264 e. The van der Waals surface area contributed by atoms with E-state index in [0.717, 1.165) is 4.88 Å². The number of carbonyl (C=O) groups is 2. The minimum atomic E-state index is -3.80. The van der Waals surface area contributed by atoms with Gasteiger partial charge in [0, 0.05) is 17.6 Å². The van der Waals surface area contributed by atoms with Crippen LogP contribution in [-0.4, -0.2) is 33.8 Å². The first-order chi connectivity index (χ1) is 14.3. The Morgan fingerprint density at radius 3 is 2.40 bits per heavy atom. The molecule has 0 spiro atoms. The lowest BCUT2D eigenvalue weighted by atomic mass is 10.3. The molecule has 0 radical (unpaired) electrons. The van der Waals surface area contributed by atoms with Crippen molar-refractivity contribution in [2.24, 2.45) is 0 Å². The topological polar surface area (TPSA) is 95.6 Å². The molecule has 0 saturated heterocycles. The number of sulfonamides is 1. The first-order valence-electron chi connectivity index (χ1n) is 9.06. The molecule has 0 saturated carbocycles. The zero-order chi connectivity index (χ0) is 21.7. The fourth-order valence-electron chi connectivity index (χ4n) is 2.68. The number of carbonyl (C=O) groups excluding carboxylic acids is 2. The van der Waals surface area contributed by atoms with Gasteiger partial charge < -0.3 is 10.6 Å². The van der Waals surface area contributed by atoms with Crippen LogP contribution in [0, 0.1) is 6.92 Å². The van der Waals surface area contributed by atoms with Gasteiger partial charge in [-0.25, -0.2) is 8.42 Å². The molecule has 1 aromatic heterocycles.